The van der Waals surface area contributed by atoms with E-state index < -0.39 is 11.0 Å². The van der Waals surface area contributed by atoms with E-state index in [4.69, 9.17) is 0 Å². The Hall–Kier alpha value is -3.95. The molecule has 5 rings (SSSR count). The van der Waals surface area contributed by atoms with Gasteiger partial charge in [-0.25, -0.2) is 9.07 Å². The second kappa shape index (κ2) is 7.82. The molecule has 1 atom stereocenters. The van der Waals surface area contributed by atoms with Gasteiger partial charge in [0.25, 0.3) is 0 Å². The summed E-state index contributed by atoms with van der Waals surface area (Å²) in [6.45, 7) is 6.32. The number of hydrogen-bond donors (Lipinski definition) is 1. The largest absolute Gasteiger partial charge is 0.383 e. The van der Waals surface area contributed by atoms with E-state index in [-0.39, 0.29) is 12.4 Å². The fourth-order valence-electron chi connectivity index (χ4n) is 4.55. The number of para-hydroxylation sites is 1. The number of rotatable bonds is 4. The summed E-state index contributed by atoms with van der Waals surface area (Å²) in [7, 11) is 0. The van der Waals surface area contributed by atoms with Gasteiger partial charge in [0.05, 0.1) is 29.5 Å². The molecule has 1 N–H and O–H groups in total. The van der Waals surface area contributed by atoms with E-state index in [1.165, 1.54) is 12.1 Å². The lowest BCUT2D eigenvalue weighted by molar-refractivity contribution is -0.0771. The first-order valence-electron chi connectivity index (χ1n) is 11.2. The zero-order valence-corrected chi connectivity index (χ0v) is 19.3. The lowest BCUT2D eigenvalue weighted by Crippen LogP contribution is -2.43. The minimum absolute atomic E-state index is 0.288. The van der Waals surface area contributed by atoms with E-state index in [0.29, 0.717) is 5.56 Å². The number of nitrogens with zero attached hydrogens (tertiary/aromatic N) is 4. The van der Waals surface area contributed by atoms with E-state index in [1.54, 1.807) is 23.0 Å². The summed E-state index contributed by atoms with van der Waals surface area (Å²) < 4.78 is 17.1. The number of benzene rings is 3. The van der Waals surface area contributed by atoms with Gasteiger partial charge in [-0.1, -0.05) is 45.0 Å². The molecule has 0 spiro atoms. The monoisotopic (exact) mass is 452 g/mol. The quantitative estimate of drug-likeness (QED) is 0.368. The van der Waals surface area contributed by atoms with Crippen molar-refractivity contribution in [3.8, 4) is 11.8 Å². The molecule has 6 heteroatoms. The van der Waals surface area contributed by atoms with Crippen LogP contribution in [-0.2, 0) is 12.1 Å². The minimum atomic E-state index is -1.23. The van der Waals surface area contributed by atoms with Crippen LogP contribution in [0.3, 0.4) is 0 Å². The number of aromatic nitrogens is 3. The number of nitriles is 1. The molecule has 3 aromatic carbocycles. The third-order valence-corrected chi connectivity index (χ3v) is 6.67. The van der Waals surface area contributed by atoms with Crippen LogP contribution in [0.4, 0.5) is 4.39 Å². The Morgan fingerprint density at radius 2 is 1.74 bits per heavy atom. The highest BCUT2D eigenvalue weighted by molar-refractivity contribution is 5.86. The average molecular weight is 453 g/mol. The van der Waals surface area contributed by atoms with Crippen molar-refractivity contribution in [3.63, 3.8) is 0 Å². The molecule has 0 radical (unpaired) electrons. The van der Waals surface area contributed by atoms with Crippen molar-refractivity contribution < 1.29 is 9.50 Å². The van der Waals surface area contributed by atoms with Crippen LogP contribution in [0.15, 0.2) is 79.1 Å². The molecular formula is C28H25FN4O. The van der Waals surface area contributed by atoms with Gasteiger partial charge in [-0.15, -0.1) is 0 Å². The van der Waals surface area contributed by atoms with Crippen molar-refractivity contribution in [2.24, 2.45) is 5.41 Å². The number of fused-ring (bicyclic) bond motifs is 2. The summed E-state index contributed by atoms with van der Waals surface area (Å²) in [4.78, 5) is 0. The van der Waals surface area contributed by atoms with Gasteiger partial charge in [-0.05, 0) is 53.4 Å². The Labute approximate surface area is 197 Å². The smallest absolute Gasteiger partial charge is 0.123 e. The molecule has 0 aliphatic rings. The van der Waals surface area contributed by atoms with Gasteiger partial charge in [-0.3, -0.25) is 0 Å². The van der Waals surface area contributed by atoms with Gasteiger partial charge in [0.15, 0.2) is 0 Å². The molecule has 0 amide bonds. The number of halogens is 1. The average Bonchev–Trinajstić information content (AvgIpc) is 3.40. The minimum Gasteiger partial charge on any atom is -0.383 e. The van der Waals surface area contributed by atoms with Crippen LogP contribution in [0.1, 0.15) is 31.9 Å². The highest BCUT2D eigenvalue weighted by Crippen LogP contribution is 2.42. The second-order valence-corrected chi connectivity index (χ2v) is 9.72. The van der Waals surface area contributed by atoms with Gasteiger partial charge in [0.2, 0.25) is 0 Å². The molecule has 0 bridgehead atoms. The maximum absolute atomic E-state index is 13.4. The molecule has 1 unspecified atom stereocenters. The van der Waals surface area contributed by atoms with Gasteiger partial charge in [-0.2, -0.15) is 10.4 Å². The summed E-state index contributed by atoms with van der Waals surface area (Å²) in [6, 6.07) is 22.0. The van der Waals surface area contributed by atoms with Gasteiger partial charge in [0.1, 0.15) is 17.5 Å². The normalized spacial score (nSPS) is 13.8. The van der Waals surface area contributed by atoms with Crippen LogP contribution >= 0.6 is 0 Å². The van der Waals surface area contributed by atoms with Crippen molar-refractivity contribution in [1.29, 1.82) is 5.26 Å². The van der Waals surface area contributed by atoms with E-state index in [1.807, 2.05) is 74.0 Å². The van der Waals surface area contributed by atoms with Crippen LogP contribution in [0, 0.1) is 22.6 Å². The predicted octanol–water partition coefficient (Wildman–Crippen LogP) is 5.92. The topological polar surface area (TPSA) is 66.8 Å². The molecule has 0 saturated carbocycles. The summed E-state index contributed by atoms with van der Waals surface area (Å²) in [5.74, 6) is -0.296. The fourth-order valence-corrected chi connectivity index (χ4v) is 4.55. The number of hydrogen-bond acceptors (Lipinski definition) is 3. The van der Waals surface area contributed by atoms with Crippen LogP contribution < -0.4 is 0 Å². The maximum atomic E-state index is 13.4. The molecule has 170 valence electrons. The Morgan fingerprint density at radius 1 is 1.00 bits per heavy atom. The molecule has 0 fully saturated rings. The Balaban J connectivity index is 1.61. The summed E-state index contributed by atoms with van der Waals surface area (Å²) in [5.41, 5.74) is 2.15. The highest BCUT2D eigenvalue weighted by Gasteiger charge is 2.42. The first-order chi connectivity index (χ1) is 16.2. The fraction of sp³-hybridized carbons (Fsp3) is 0.214. The van der Waals surface area contributed by atoms with E-state index in [2.05, 4.69) is 11.2 Å². The first kappa shape index (κ1) is 21.9. The van der Waals surface area contributed by atoms with Crippen molar-refractivity contribution in [3.05, 3.63) is 96.1 Å². The van der Waals surface area contributed by atoms with Crippen LogP contribution in [-0.4, -0.2) is 19.5 Å². The molecule has 5 aromatic rings. The van der Waals surface area contributed by atoms with Gasteiger partial charge >= 0.3 is 0 Å². The second-order valence-electron chi connectivity index (χ2n) is 9.72. The van der Waals surface area contributed by atoms with E-state index in [0.717, 1.165) is 33.1 Å². The van der Waals surface area contributed by atoms with Gasteiger partial charge in [0, 0.05) is 22.5 Å². The Bertz CT molecular complexity index is 1550. The molecule has 5 nitrogen and oxygen atoms in total. The standard InChI is InChI=1S/C28H25FN4O/c1-27(2,3)28(34,18-32-17-20(15-30)24-6-4-5-7-26(24)32)21-8-13-25-19(14-21)16-31-33(25)23-11-9-22(29)10-12-23/h4-14,16-17,34H,18H2,1-3H3. The van der Waals surface area contributed by atoms with E-state index >= 15 is 0 Å². The van der Waals surface area contributed by atoms with E-state index in [9.17, 15) is 14.8 Å². The third-order valence-electron chi connectivity index (χ3n) is 6.67. The molecule has 0 aliphatic heterocycles. The summed E-state index contributed by atoms with van der Waals surface area (Å²) in [5, 5.41) is 28.0. The SMILES string of the molecule is CC(C)(C)C(O)(Cn1cc(C#N)c2ccccc21)c1ccc2c(cnn2-c2ccc(F)cc2)c1. The lowest BCUT2D eigenvalue weighted by atomic mass is 9.72. The molecule has 2 heterocycles. The summed E-state index contributed by atoms with van der Waals surface area (Å²) in [6.07, 6.45) is 3.57. The van der Waals surface area contributed by atoms with Crippen LogP contribution in [0.25, 0.3) is 27.5 Å². The van der Waals surface area contributed by atoms with Crippen molar-refractivity contribution in [1.82, 2.24) is 14.3 Å². The molecule has 0 saturated heterocycles. The lowest BCUT2D eigenvalue weighted by Gasteiger charge is -2.41. The molecule has 0 aliphatic carbocycles. The van der Waals surface area contributed by atoms with Gasteiger partial charge < -0.3 is 9.67 Å². The zero-order chi connectivity index (χ0) is 24.1. The molecular weight excluding hydrogens is 427 g/mol. The predicted molar refractivity (Wildman–Crippen MR) is 131 cm³/mol. The summed E-state index contributed by atoms with van der Waals surface area (Å²) >= 11 is 0. The molecule has 2 aromatic heterocycles. The highest BCUT2D eigenvalue weighted by atomic mass is 19.1. The van der Waals surface area contributed by atoms with Crippen LogP contribution in [0.5, 0.6) is 0 Å². The molecule has 34 heavy (non-hydrogen) atoms. The van der Waals surface area contributed by atoms with Crippen molar-refractivity contribution >= 4 is 21.8 Å². The third kappa shape index (κ3) is 3.46. The number of aliphatic hydroxyl groups is 1. The first-order valence-corrected chi connectivity index (χ1v) is 11.2. The zero-order valence-electron chi connectivity index (χ0n) is 19.3. The Morgan fingerprint density at radius 3 is 2.44 bits per heavy atom. The van der Waals surface area contributed by atoms with Crippen molar-refractivity contribution in [2.75, 3.05) is 0 Å². The van der Waals surface area contributed by atoms with Crippen molar-refractivity contribution in [2.45, 2.75) is 32.9 Å². The van der Waals surface area contributed by atoms with Crippen LogP contribution in [0.2, 0.25) is 0 Å². The maximum Gasteiger partial charge on any atom is 0.123 e. The Kier molecular flexibility index (Phi) is 5.03.